The third kappa shape index (κ3) is 44.3. The molecule has 0 bridgehead atoms. The maximum atomic E-state index is 12.8. The molecular formula is C49H94NO9P. The summed E-state index contributed by atoms with van der Waals surface area (Å²) in [6.45, 7) is 5.78. The van der Waals surface area contributed by atoms with Gasteiger partial charge in [-0.1, -0.05) is 200 Å². The summed E-state index contributed by atoms with van der Waals surface area (Å²) >= 11 is 0. The number of esters is 2. The van der Waals surface area contributed by atoms with E-state index in [0.717, 1.165) is 70.6 Å². The molecule has 1 unspecified atom stereocenters. The lowest BCUT2D eigenvalue weighted by Crippen LogP contribution is -2.30. The molecule has 0 radical (unpaired) electrons. The van der Waals surface area contributed by atoms with E-state index in [0.29, 0.717) is 19.3 Å². The van der Waals surface area contributed by atoms with Crippen LogP contribution in [0.4, 0.5) is 0 Å². The Morgan fingerprint density at radius 1 is 0.500 bits per heavy atom. The fraction of sp³-hybridized carbons (Fsp3) is 0.898. The Hall–Kier alpha value is -1.74. The highest BCUT2D eigenvalue weighted by molar-refractivity contribution is 7.47. The topological polar surface area (TPSA) is 137 Å². The Bertz CT molecular complexity index is 1060. The second-order valence-electron chi connectivity index (χ2n) is 16.9. The Morgan fingerprint density at radius 3 is 1.33 bits per heavy atom. The third-order valence-corrected chi connectivity index (χ3v) is 11.9. The molecule has 0 saturated heterocycles. The van der Waals surface area contributed by atoms with Gasteiger partial charge >= 0.3 is 19.8 Å². The number of ether oxygens (including phenoxy) is 2. The first-order valence-electron chi connectivity index (χ1n) is 25.1. The highest BCUT2D eigenvalue weighted by atomic mass is 31.2. The monoisotopic (exact) mass is 872 g/mol. The average molecular weight is 872 g/mol. The molecule has 1 amide bonds. The molecule has 2 N–H and O–H groups in total. The lowest BCUT2D eigenvalue weighted by atomic mass is 10.0. The molecule has 0 saturated carbocycles. The SMILES string of the molecule is CCCCCCCC/C=C\CCCCCCCC(=O)OC[C@H](COP(=O)(O)OCCNC(=O)CCCCCCCCC)OC(=O)CCCCCCCCCCCCCCC. The van der Waals surface area contributed by atoms with Crippen molar-refractivity contribution in [2.75, 3.05) is 26.4 Å². The van der Waals surface area contributed by atoms with Crippen LogP contribution in [0.1, 0.15) is 252 Å². The molecule has 0 aromatic heterocycles. The number of carbonyl (C=O) groups excluding carboxylic acids is 3. The summed E-state index contributed by atoms with van der Waals surface area (Å²) in [6, 6.07) is 0. The van der Waals surface area contributed by atoms with E-state index in [1.54, 1.807) is 0 Å². The molecule has 2 atom stereocenters. The van der Waals surface area contributed by atoms with Gasteiger partial charge in [-0.25, -0.2) is 4.57 Å². The summed E-state index contributed by atoms with van der Waals surface area (Å²) in [5, 5.41) is 2.71. The summed E-state index contributed by atoms with van der Waals surface area (Å²) in [4.78, 5) is 47.7. The van der Waals surface area contributed by atoms with Crippen molar-refractivity contribution in [3.63, 3.8) is 0 Å². The van der Waals surface area contributed by atoms with Crippen molar-refractivity contribution in [2.24, 2.45) is 0 Å². The molecule has 0 aliphatic heterocycles. The number of amides is 1. The normalized spacial score (nSPS) is 13.1. The molecule has 0 aliphatic rings. The van der Waals surface area contributed by atoms with Gasteiger partial charge in [-0.3, -0.25) is 23.4 Å². The smallest absolute Gasteiger partial charge is 0.462 e. The van der Waals surface area contributed by atoms with Gasteiger partial charge in [0, 0.05) is 25.8 Å². The predicted octanol–water partition coefficient (Wildman–Crippen LogP) is 14.4. The van der Waals surface area contributed by atoms with E-state index in [2.05, 4.69) is 38.2 Å². The number of hydrogen-bond donors (Lipinski definition) is 2. The van der Waals surface area contributed by atoms with Gasteiger partial charge < -0.3 is 19.7 Å². The average Bonchev–Trinajstić information content (AvgIpc) is 3.23. The Labute approximate surface area is 368 Å². The molecule has 10 nitrogen and oxygen atoms in total. The molecule has 0 rings (SSSR count). The van der Waals surface area contributed by atoms with E-state index >= 15 is 0 Å². The van der Waals surface area contributed by atoms with Crippen LogP contribution in [0, 0.1) is 0 Å². The van der Waals surface area contributed by atoms with Crippen molar-refractivity contribution in [3.8, 4) is 0 Å². The van der Waals surface area contributed by atoms with Crippen molar-refractivity contribution in [3.05, 3.63) is 12.2 Å². The van der Waals surface area contributed by atoms with Crippen molar-refractivity contribution in [1.82, 2.24) is 5.32 Å². The number of allylic oxidation sites excluding steroid dienone is 2. The minimum Gasteiger partial charge on any atom is -0.462 e. The van der Waals surface area contributed by atoms with E-state index in [1.165, 1.54) is 128 Å². The molecule has 0 spiro atoms. The molecule has 354 valence electrons. The van der Waals surface area contributed by atoms with Crippen LogP contribution in [0.3, 0.4) is 0 Å². The van der Waals surface area contributed by atoms with Gasteiger partial charge in [0.1, 0.15) is 6.61 Å². The Kier molecular flexibility index (Phi) is 44.0. The number of nitrogens with one attached hydrogen (secondary N) is 1. The lowest BCUT2D eigenvalue weighted by Gasteiger charge is -2.20. The van der Waals surface area contributed by atoms with Crippen molar-refractivity contribution in [2.45, 2.75) is 258 Å². The van der Waals surface area contributed by atoms with Crippen LogP contribution in [0.5, 0.6) is 0 Å². The van der Waals surface area contributed by atoms with Gasteiger partial charge in [-0.15, -0.1) is 0 Å². The zero-order valence-electron chi connectivity index (χ0n) is 39.2. The number of phosphoric acid groups is 1. The highest BCUT2D eigenvalue weighted by Gasteiger charge is 2.26. The molecule has 11 heteroatoms. The molecule has 0 aromatic carbocycles. The highest BCUT2D eigenvalue weighted by Crippen LogP contribution is 2.43. The van der Waals surface area contributed by atoms with Gasteiger partial charge in [0.2, 0.25) is 5.91 Å². The lowest BCUT2D eigenvalue weighted by molar-refractivity contribution is -0.161. The van der Waals surface area contributed by atoms with E-state index in [4.69, 9.17) is 18.5 Å². The molecule has 60 heavy (non-hydrogen) atoms. The van der Waals surface area contributed by atoms with Crippen LogP contribution >= 0.6 is 7.82 Å². The van der Waals surface area contributed by atoms with Crippen LogP contribution < -0.4 is 5.32 Å². The van der Waals surface area contributed by atoms with Gasteiger partial charge in [-0.2, -0.15) is 0 Å². The van der Waals surface area contributed by atoms with Gasteiger partial charge in [-0.05, 0) is 44.9 Å². The van der Waals surface area contributed by atoms with Crippen LogP contribution in [0.2, 0.25) is 0 Å². The summed E-state index contributed by atoms with van der Waals surface area (Å²) < 4.78 is 33.9. The number of rotatable bonds is 47. The molecule has 0 aliphatic carbocycles. The molecule has 0 aromatic rings. The number of hydrogen-bond acceptors (Lipinski definition) is 8. The first kappa shape index (κ1) is 58.3. The zero-order chi connectivity index (χ0) is 44.0. The van der Waals surface area contributed by atoms with Crippen molar-refractivity contribution >= 4 is 25.7 Å². The van der Waals surface area contributed by atoms with E-state index in [1.807, 2.05) is 0 Å². The van der Waals surface area contributed by atoms with Crippen LogP contribution in [-0.2, 0) is 37.5 Å². The van der Waals surface area contributed by atoms with Crippen LogP contribution in [0.25, 0.3) is 0 Å². The summed E-state index contributed by atoms with van der Waals surface area (Å²) in [7, 11) is -4.52. The maximum Gasteiger partial charge on any atom is 0.472 e. The molecular weight excluding hydrogens is 778 g/mol. The van der Waals surface area contributed by atoms with E-state index in [9.17, 15) is 23.8 Å². The van der Waals surface area contributed by atoms with Crippen molar-refractivity contribution in [1.29, 1.82) is 0 Å². The van der Waals surface area contributed by atoms with Gasteiger partial charge in [0.25, 0.3) is 0 Å². The largest absolute Gasteiger partial charge is 0.472 e. The summed E-state index contributed by atoms with van der Waals surface area (Å²) in [6.07, 6.45) is 43.1. The quantitative estimate of drug-likeness (QED) is 0.0265. The second-order valence-corrected chi connectivity index (χ2v) is 18.4. The minimum absolute atomic E-state index is 0.0642. The Morgan fingerprint density at radius 2 is 0.883 bits per heavy atom. The van der Waals surface area contributed by atoms with Gasteiger partial charge in [0.15, 0.2) is 6.10 Å². The van der Waals surface area contributed by atoms with Crippen molar-refractivity contribution < 1.29 is 42.4 Å². The number of unbranched alkanes of at least 4 members (excludes halogenated alkanes) is 29. The standard InChI is InChI=1S/C49H94NO9P/c1-4-7-10-13-16-18-20-22-23-25-26-28-31-34-37-40-48(52)56-44-46(59-49(53)41-38-35-32-29-27-24-21-19-17-14-11-8-5-2)45-58-60(54,55)57-43-42-50-47(51)39-36-33-30-15-12-9-6-3/h22-23,46H,4-21,24-45H2,1-3H3,(H,50,51)(H,54,55)/b23-22-/t46-/m1/s1. The number of phosphoric ester groups is 1. The predicted molar refractivity (Wildman–Crippen MR) is 248 cm³/mol. The van der Waals surface area contributed by atoms with Crippen LogP contribution in [-0.4, -0.2) is 55.2 Å². The van der Waals surface area contributed by atoms with E-state index < -0.39 is 32.5 Å². The summed E-state index contributed by atoms with van der Waals surface area (Å²) in [5.74, 6) is -0.988. The first-order valence-corrected chi connectivity index (χ1v) is 26.6. The molecule has 0 fully saturated rings. The summed E-state index contributed by atoms with van der Waals surface area (Å²) in [5.41, 5.74) is 0. The second kappa shape index (κ2) is 45.3. The number of carbonyl (C=O) groups is 3. The zero-order valence-corrected chi connectivity index (χ0v) is 40.1. The van der Waals surface area contributed by atoms with Crippen LogP contribution in [0.15, 0.2) is 12.2 Å². The van der Waals surface area contributed by atoms with E-state index in [-0.39, 0.29) is 38.5 Å². The fourth-order valence-electron chi connectivity index (χ4n) is 7.14. The fourth-order valence-corrected chi connectivity index (χ4v) is 7.89. The third-order valence-electron chi connectivity index (χ3n) is 11.0. The molecule has 0 heterocycles. The maximum absolute atomic E-state index is 12.8. The minimum atomic E-state index is -4.52. The van der Waals surface area contributed by atoms with Gasteiger partial charge in [0.05, 0.1) is 13.2 Å². The Balaban J connectivity index is 4.53. The first-order chi connectivity index (χ1) is 29.2.